The van der Waals surface area contributed by atoms with Gasteiger partial charge in [0, 0.05) is 31.1 Å². The van der Waals surface area contributed by atoms with Crippen LogP contribution in [0, 0.1) is 0 Å². The molecule has 0 saturated carbocycles. The molecule has 0 fully saturated rings. The van der Waals surface area contributed by atoms with Crippen LogP contribution in [0.4, 0.5) is 0 Å². The molecular formula is C18H23N3O2. The molecule has 1 aliphatic heterocycles. The lowest BCUT2D eigenvalue weighted by Crippen LogP contribution is -2.35. The molecule has 0 saturated heterocycles. The first-order valence-corrected chi connectivity index (χ1v) is 8.04. The van der Waals surface area contributed by atoms with Gasteiger partial charge in [-0.15, -0.1) is 0 Å². The van der Waals surface area contributed by atoms with Gasteiger partial charge in [0.2, 0.25) is 0 Å². The molecule has 1 aromatic carbocycles. The average Bonchev–Trinajstić information content (AvgIpc) is 2.55. The van der Waals surface area contributed by atoms with Crippen molar-refractivity contribution in [2.75, 3.05) is 13.7 Å². The van der Waals surface area contributed by atoms with Gasteiger partial charge in [0.05, 0.1) is 12.8 Å². The Balaban J connectivity index is 1.77. The summed E-state index contributed by atoms with van der Waals surface area (Å²) in [4.78, 5) is 22.1. The van der Waals surface area contributed by atoms with Gasteiger partial charge < -0.3 is 9.72 Å². The molecule has 3 rings (SSSR count). The van der Waals surface area contributed by atoms with Crippen molar-refractivity contribution in [3.8, 4) is 5.75 Å². The largest absolute Gasteiger partial charge is 0.497 e. The van der Waals surface area contributed by atoms with E-state index >= 15 is 0 Å². The highest BCUT2D eigenvalue weighted by molar-refractivity contribution is 5.28. The van der Waals surface area contributed by atoms with Crippen molar-refractivity contribution in [3.05, 3.63) is 57.3 Å². The molecular weight excluding hydrogens is 290 g/mol. The Kier molecular flexibility index (Phi) is 4.48. The van der Waals surface area contributed by atoms with Crippen molar-refractivity contribution < 1.29 is 4.74 Å². The van der Waals surface area contributed by atoms with E-state index in [4.69, 9.17) is 4.74 Å². The monoisotopic (exact) mass is 313 g/mol. The minimum absolute atomic E-state index is 0.0304. The molecule has 0 radical (unpaired) electrons. The maximum absolute atomic E-state index is 12.2. The van der Waals surface area contributed by atoms with Gasteiger partial charge in [0.15, 0.2) is 0 Å². The van der Waals surface area contributed by atoms with Crippen LogP contribution in [-0.2, 0) is 19.5 Å². The van der Waals surface area contributed by atoms with Crippen molar-refractivity contribution in [3.63, 3.8) is 0 Å². The zero-order valence-electron chi connectivity index (χ0n) is 13.9. The molecule has 0 unspecified atom stereocenters. The summed E-state index contributed by atoms with van der Waals surface area (Å²) in [6.45, 7) is 6.55. The molecule has 2 aromatic rings. The van der Waals surface area contributed by atoms with E-state index in [0.29, 0.717) is 0 Å². The number of H-pyrrole nitrogens is 1. The number of methoxy groups -OCH3 is 1. The highest BCUT2D eigenvalue weighted by atomic mass is 16.5. The number of nitrogens with zero attached hydrogens (tertiary/aromatic N) is 2. The molecule has 1 N–H and O–H groups in total. The summed E-state index contributed by atoms with van der Waals surface area (Å²) in [6.07, 6.45) is 0.756. The van der Waals surface area contributed by atoms with E-state index in [1.165, 1.54) is 5.56 Å². The summed E-state index contributed by atoms with van der Waals surface area (Å²) in [5, 5.41) is 0. The minimum Gasteiger partial charge on any atom is -0.497 e. The highest BCUT2D eigenvalue weighted by Crippen LogP contribution is 2.19. The number of rotatable bonds is 4. The molecule has 5 heteroatoms. The summed E-state index contributed by atoms with van der Waals surface area (Å²) < 4.78 is 5.19. The van der Waals surface area contributed by atoms with Crippen LogP contribution in [0.25, 0.3) is 0 Å². The maximum Gasteiger partial charge on any atom is 0.254 e. The molecule has 0 amide bonds. The van der Waals surface area contributed by atoms with Crippen molar-refractivity contribution >= 4 is 0 Å². The van der Waals surface area contributed by atoms with Crippen LogP contribution >= 0.6 is 0 Å². The zero-order chi connectivity index (χ0) is 16.4. The minimum atomic E-state index is 0.0304. The third-order valence-electron chi connectivity index (χ3n) is 4.28. The lowest BCUT2D eigenvalue weighted by atomic mass is 10.0. The van der Waals surface area contributed by atoms with Crippen molar-refractivity contribution in [2.24, 2.45) is 0 Å². The van der Waals surface area contributed by atoms with Gasteiger partial charge in [-0.1, -0.05) is 26.0 Å². The van der Waals surface area contributed by atoms with Crippen LogP contribution in [0.3, 0.4) is 0 Å². The first-order valence-electron chi connectivity index (χ1n) is 8.04. The predicted octanol–water partition coefficient (Wildman–Crippen LogP) is 2.46. The first kappa shape index (κ1) is 15.7. The highest BCUT2D eigenvalue weighted by Gasteiger charge is 2.21. The van der Waals surface area contributed by atoms with E-state index in [2.05, 4.69) is 27.0 Å². The van der Waals surface area contributed by atoms with Gasteiger partial charge in [-0.05, 0) is 24.1 Å². The van der Waals surface area contributed by atoms with Crippen LogP contribution in [0.2, 0.25) is 0 Å². The number of fused-ring (bicyclic) bond motifs is 1. The second-order valence-corrected chi connectivity index (χ2v) is 6.34. The standard InChI is InChI=1S/C18H23N3O2/c1-12(2)17-19-16-11-21(9-8-15(16)18(22)20-17)10-13-4-6-14(23-3)7-5-13/h4-7,12H,8-11H2,1-3H3,(H,19,20,22). The molecule has 2 heterocycles. The van der Waals surface area contributed by atoms with Crippen LogP contribution in [0.5, 0.6) is 5.75 Å². The molecule has 0 spiro atoms. The smallest absolute Gasteiger partial charge is 0.254 e. The number of hydrogen-bond donors (Lipinski definition) is 1. The van der Waals surface area contributed by atoms with Gasteiger partial charge in [-0.3, -0.25) is 9.69 Å². The zero-order valence-corrected chi connectivity index (χ0v) is 13.9. The second-order valence-electron chi connectivity index (χ2n) is 6.34. The van der Waals surface area contributed by atoms with E-state index in [1.807, 2.05) is 26.0 Å². The van der Waals surface area contributed by atoms with Gasteiger partial charge in [0.1, 0.15) is 11.6 Å². The molecule has 0 bridgehead atoms. The van der Waals surface area contributed by atoms with Crippen LogP contribution in [-0.4, -0.2) is 28.5 Å². The van der Waals surface area contributed by atoms with E-state index < -0.39 is 0 Å². The summed E-state index contributed by atoms with van der Waals surface area (Å²) in [5.41, 5.74) is 3.04. The quantitative estimate of drug-likeness (QED) is 0.942. The first-order chi connectivity index (χ1) is 11.1. The molecule has 23 heavy (non-hydrogen) atoms. The number of ether oxygens (including phenoxy) is 1. The lowest BCUT2D eigenvalue weighted by molar-refractivity contribution is 0.240. The molecule has 0 aliphatic carbocycles. The Morgan fingerprint density at radius 3 is 2.70 bits per heavy atom. The fourth-order valence-corrected chi connectivity index (χ4v) is 2.91. The third-order valence-corrected chi connectivity index (χ3v) is 4.28. The number of benzene rings is 1. The third kappa shape index (κ3) is 3.45. The van der Waals surface area contributed by atoms with E-state index in [1.54, 1.807) is 7.11 Å². The normalized spacial score (nSPS) is 14.8. The fourth-order valence-electron chi connectivity index (χ4n) is 2.91. The molecule has 122 valence electrons. The number of aromatic nitrogens is 2. The predicted molar refractivity (Wildman–Crippen MR) is 89.8 cm³/mol. The number of hydrogen-bond acceptors (Lipinski definition) is 4. The number of aromatic amines is 1. The van der Waals surface area contributed by atoms with E-state index in [9.17, 15) is 4.79 Å². The molecule has 5 nitrogen and oxygen atoms in total. The van der Waals surface area contributed by atoms with Gasteiger partial charge in [-0.2, -0.15) is 0 Å². The molecule has 0 atom stereocenters. The summed E-state index contributed by atoms with van der Waals surface area (Å²) in [5.74, 6) is 1.87. The van der Waals surface area contributed by atoms with Crippen LogP contribution in [0.1, 0.15) is 42.4 Å². The molecule has 1 aromatic heterocycles. The van der Waals surface area contributed by atoms with E-state index in [0.717, 1.165) is 48.9 Å². The Labute approximate surface area is 136 Å². The average molecular weight is 313 g/mol. The summed E-state index contributed by atoms with van der Waals surface area (Å²) >= 11 is 0. The van der Waals surface area contributed by atoms with Crippen molar-refractivity contribution in [1.29, 1.82) is 0 Å². The van der Waals surface area contributed by atoms with E-state index in [-0.39, 0.29) is 11.5 Å². The Bertz CT molecular complexity index is 735. The van der Waals surface area contributed by atoms with Crippen molar-refractivity contribution in [2.45, 2.75) is 39.3 Å². The Morgan fingerprint density at radius 1 is 1.30 bits per heavy atom. The summed E-state index contributed by atoms with van der Waals surface area (Å²) in [6, 6.07) is 8.12. The number of nitrogens with one attached hydrogen (secondary N) is 1. The SMILES string of the molecule is COc1ccc(CN2CCc3c(nc(C(C)C)[nH]c3=O)C2)cc1. The topological polar surface area (TPSA) is 58.2 Å². The second kappa shape index (κ2) is 6.54. The molecule has 1 aliphatic rings. The van der Waals surface area contributed by atoms with Crippen LogP contribution in [0.15, 0.2) is 29.1 Å². The maximum atomic E-state index is 12.2. The summed E-state index contributed by atoms with van der Waals surface area (Å²) in [7, 11) is 1.67. The van der Waals surface area contributed by atoms with Crippen molar-refractivity contribution in [1.82, 2.24) is 14.9 Å². The van der Waals surface area contributed by atoms with Gasteiger partial charge in [0.25, 0.3) is 5.56 Å². The lowest BCUT2D eigenvalue weighted by Gasteiger charge is -2.28. The fraction of sp³-hybridized carbons (Fsp3) is 0.444. The van der Waals surface area contributed by atoms with Crippen LogP contribution < -0.4 is 10.3 Å². The Morgan fingerprint density at radius 2 is 2.04 bits per heavy atom. The Hall–Kier alpha value is -2.14. The van der Waals surface area contributed by atoms with Gasteiger partial charge >= 0.3 is 0 Å². The van der Waals surface area contributed by atoms with Gasteiger partial charge in [-0.25, -0.2) is 4.98 Å².